The van der Waals surface area contributed by atoms with Gasteiger partial charge in [0, 0.05) is 10.4 Å². The first kappa shape index (κ1) is 22.9. The van der Waals surface area contributed by atoms with Crippen LogP contribution < -0.4 is 12.4 Å². The van der Waals surface area contributed by atoms with Crippen LogP contribution in [-0.2, 0) is 37.9 Å². The molecule has 0 rings (SSSR count). The zero-order valence-corrected chi connectivity index (χ0v) is 8.17. The van der Waals surface area contributed by atoms with Crippen LogP contribution >= 0.6 is 0 Å². The van der Waals surface area contributed by atoms with E-state index in [1.165, 1.54) is 0 Å². The zero-order valence-electron chi connectivity index (χ0n) is 4.84. The van der Waals surface area contributed by atoms with Gasteiger partial charge in [-0.05, 0) is 0 Å². The minimum Gasteiger partial charge on any atom is -1.00 e. The SMILES string of the molecule is O=S(=O)(O)O.O=S(=O)([O-])[O-].[Cl-].[Cu+3]. The molecule has 0 aromatic rings. The molecule has 0 atom stereocenters. The van der Waals surface area contributed by atoms with E-state index >= 15 is 0 Å². The van der Waals surface area contributed by atoms with Gasteiger partial charge in [-0.1, -0.05) is 0 Å². The van der Waals surface area contributed by atoms with Gasteiger partial charge in [-0.3, -0.25) is 17.5 Å². The van der Waals surface area contributed by atoms with Crippen LogP contribution in [-0.4, -0.2) is 35.0 Å². The molecule has 0 heterocycles. The predicted octanol–water partition coefficient (Wildman–Crippen LogP) is -4.99. The quantitative estimate of drug-likeness (QED) is 0.255. The largest absolute Gasteiger partial charge is 3.00 e. The van der Waals surface area contributed by atoms with Gasteiger partial charge in [-0.25, -0.2) is 0 Å². The number of hydrogen-bond donors (Lipinski definition) is 2. The van der Waals surface area contributed by atoms with Crippen LogP contribution in [0.3, 0.4) is 0 Å². The van der Waals surface area contributed by atoms with E-state index in [9.17, 15) is 0 Å². The van der Waals surface area contributed by atoms with Gasteiger partial charge in [0.1, 0.15) is 0 Å². The average molecular weight is 293 g/mol. The van der Waals surface area contributed by atoms with Crippen molar-refractivity contribution < 1.29 is 64.5 Å². The summed E-state index contributed by atoms with van der Waals surface area (Å²) in [5.74, 6) is 0. The molecule has 80 valence electrons. The molecule has 12 heteroatoms. The van der Waals surface area contributed by atoms with Crippen molar-refractivity contribution in [3.8, 4) is 0 Å². The predicted molar refractivity (Wildman–Crippen MR) is 24.7 cm³/mol. The molecule has 0 spiro atoms. The molecule has 0 bridgehead atoms. The third-order valence-corrected chi connectivity index (χ3v) is 0. The topological polar surface area (TPSA) is 155 Å². The first-order valence-corrected chi connectivity index (χ1v) is 4.10. The van der Waals surface area contributed by atoms with Crippen LogP contribution in [0.15, 0.2) is 0 Å². The molecule has 0 aromatic carbocycles. The van der Waals surface area contributed by atoms with Crippen LogP contribution in [0.1, 0.15) is 0 Å². The van der Waals surface area contributed by atoms with Crippen LogP contribution in [0.25, 0.3) is 0 Å². The van der Waals surface area contributed by atoms with Gasteiger partial charge in [-0.2, -0.15) is 8.42 Å². The van der Waals surface area contributed by atoms with Crippen molar-refractivity contribution in [1.29, 1.82) is 0 Å². The summed E-state index contributed by atoms with van der Waals surface area (Å²) in [4.78, 5) is 0. The van der Waals surface area contributed by atoms with Gasteiger partial charge in [0.15, 0.2) is 0 Å². The van der Waals surface area contributed by atoms with Crippen LogP contribution in [0, 0.1) is 0 Å². The third kappa shape index (κ3) is 3190. The fourth-order valence-electron chi connectivity index (χ4n) is 0. The summed E-state index contributed by atoms with van der Waals surface area (Å²) in [7, 11) is -9.83. The van der Waals surface area contributed by atoms with E-state index in [0.29, 0.717) is 0 Å². The molecule has 0 saturated carbocycles. The maximum absolute atomic E-state index is 8.74. The van der Waals surface area contributed by atoms with Crippen molar-refractivity contribution in [1.82, 2.24) is 0 Å². The Balaban J connectivity index is -0.0000000457. The van der Waals surface area contributed by atoms with E-state index in [4.69, 9.17) is 35.0 Å². The fraction of sp³-hybridized carbons (Fsp3) is 0. The van der Waals surface area contributed by atoms with Crippen LogP contribution in [0.5, 0.6) is 0 Å². The maximum Gasteiger partial charge on any atom is 3.00 e. The smallest absolute Gasteiger partial charge is 1.00 e. The number of rotatable bonds is 0. The second-order valence-electron chi connectivity index (χ2n) is 0.856. The van der Waals surface area contributed by atoms with E-state index in [1.807, 2.05) is 0 Å². The minimum atomic E-state index is -5.17. The summed E-state index contributed by atoms with van der Waals surface area (Å²) >= 11 is 0. The normalized spacial score (nSPS) is 9.67. The second-order valence-corrected chi connectivity index (χ2v) is 2.57. The summed E-state index contributed by atoms with van der Waals surface area (Å²) in [5.41, 5.74) is 0. The monoisotopic (exact) mass is 292 g/mol. The Morgan fingerprint density at radius 3 is 0.917 bits per heavy atom. The number of halogens is 1. The first-order chi connectivity index (χ1) is 4.00. The molecule has 12 heavy (non-hydrogen) atoms. The summed E-state index contributed by atoms with van der Waals surface area (Å²) in [6.45, 7) is 0. The Hall–Kier alpha value is 0.549. The summed E-state index contributed by atoms with van der Waals surface area (Å²) in [6.07, 6.45) is 0. The standard InChI is InChI=1S/ClH.Cu.2H2O4S/c;;2*1-5(2,3)4/h1H;;2*(H2,1,2,3,4)/q;+3;;/p-3. The molecule has 0 aromatic heterocycles. The summed E-state index contributed by atoms with van der Waals surface area (Å²) in [5, 5.41) is 0. The molecule has 8 nitrogen and oxygen atoms in total. The molecule has 2 N–H and O–H groups in total. The van der Waals surface area contributed by atoms with Crippen molar-refractivity contribution in [2.45, 2.75) is 0 Å². The fourth-order valence-corrected chi connectivity index (χ4v) is 0. The van der Waals surface area contributed by atoms with Gasteiger partial charge >= 0.3 is 27.5 Å². The molecule has 0 unspecified atom stereocenters. The van der Waals surface area contributed by atoms with Crippen molar-refractivity contribution in [3.05, 3.63) is 0 Å². The molecule has 0 aliphatic rings. The van der Waals surface area contributed by atoms with Gasteiger partial charge in [0.05, 0.1) is 0 Å². The summed E-state index contributed by atoms with van der Waals surface area (Å²) in [6, 6.07) is 0. The van der Waals surface area contributed by atoms with Gasteiger partial charge < -0.3 is 21.5 Å². The molecule has 0 amide bonds. The Kier molecular flexibility index (Phi) is 15.6. The van der Waals surface area contributed by atoms with E-state index in [0.717, 1.165) is 0 Å². The van der Waals surface area contributed by atoms with Crippen LogP contribution in [0.4, 0.5) is 0 Å². The second kappa shape index (κ2) is 8.16. The zero-order chi connectivity index (χ0) is 9.00. The van der Waals surface area contributed by atoms with Crippen molar-refractivity contribution in [3.63, 3.8) is 0 Å². The first-order valence-electron chi connectivity index (χ1n) is 1.37. The minimum absolute atomic E-state index is 0. The molecular formula is H2ClCuO8S2. The molecule has 0 fully saturated rings. The molecule has 0 saturated heterocycles. The molecule has 0 aliphatic heterocycles. The average Bonchev–Trinajstić information content (AvgIpc) is 1.12. The van der Waals surface area contributed by atoms with Gasteiger partial charge in [0.25, 0.3) is 0 Å². The Bertz CT molecular complexity index is 213. The molecule has 0 radical (unpaired) electrons. The van der Waals surface area contributed by atoms with Crippen molar-refractivity contribution in [2.75, 3.05) is 0 Å². The van der Waals surface area contributed by atoms with E-state index in [-0.39, 0.29) is 29.5 Å². The van der Waals surface area contributed by atoms with E-state index in [1.54, 1.807) is 0 Å². The van der Waals surface area contributed by atoms with Gasteiger partial charge in [0.2, 0.25) is 0 Å². The Morgan fingerprint density at radius 1 is 0.917 bits per heavy atom. The summed E-state index contributed by atoms with van der Waals surface area (Å²) < 4.78 is 65.7. The van der Waals surface area contributed by atoms with E-state index in [2.05, 4.69) is 0 Å². The van der Waals surface area contributed by atoms with Crippen LogP contribution in [0.2, 0.25) is 0 Å². The number of hydrogen-bond acceptors (Lipinski definition) is 6. The maximum atomic E-state index is 8.74. The van der Waals surface area contributed by atoms with Crippen molar-refractivity contribution >= 4 is 20.8 Å². The third-order valence-electron chi connectivity index (χ3n) is 0. The Labute approximate surface area is 85.4 Å². The molecular weight excluding hydrogens is 291 g/mol. The van der Waals surface area contributed by atoms with Gasteiger partial charge in [-0.15, -0.1) is 0 Å². The van der Waals surface area contributed by atoms with E-state index < -0.39 is 20.8 Å². The molecule has 0 aliphatic carbocycles. The van der Waals surface area contributed by atoms with Crippen molar-refractivity contribution in [2.24, 2.45) is 0 Å². The Morgan fingerprint density at radius 2 is 0.917 bits per heavy atom.